The molecule has 0 amide bonds. The van der Waals surface area contributed by atoms with E-state index in [1.54, 1.807) is 6.92 Å². The van der Waals surface area contributed by atoms with Crippen molar-refractivity contribution in [1.29, 1.82) is 0 Å². The second kappa shape index (κ2) is 6.06. The third-order valence-corrected chi connectivity index (χ3v) is 2.11. The van der Waals surface area contributed by atoms with E-state index in [0.717, 1.165) is 0 Å². The summed E-state index contributed by atoms with van der Waals surface area (Å²) in [7, 11) is 1.33. The predicted molar refractivity (Wildman–Crippen MR) is 49.2 cm³/mol. The first-order chi connectivity index (χ1) is 5.61. The summed E-state index contributed by atoms with van der Waals surface area (Å²) in [5, 5.41) is 0. The summed E-state index contributed by atoms with van der Waals surface area (Å²) in [5.74, 6) is 0.0350. The Morgan fingerprint density at radius 1 is 1.50 bits per heavy atom. The van der Waals surface area contributed by atoms with Crippen molar-refractivity contribution in [2.45, 2.75) is 13.3 Å². The standard InChI is InChI=1S/C8H14O3S/c1-6(4-8(10)11-2)7(9)5-12-3/h6H,4-5H2,1-3H3. The molecule has 0 aliphatic rings. The number of Topliss-reactive ketones (excluding diaryl/α,β-unsaturated/α-hetero) is 1. The summed E-state index contributed by atoms with van der Waals surface area (Å²) in [6.07, 6.45) is 2.05. The van der Waals surface area contributed by atoms with Gasteiger partial charge in [0.1, 0.15) is 5.78 Å². The van der Waals surface area contributed by atoms with Crippen molar-refractivity contribution >= 4 is 23.5 Å². The van der Waals surface area contributed by atoms with E-state index in [1.807, 2.05) is 6.26 Å². The van der Waals surface area contributed by atoms with Gasteiger partial charge in [0.05, 0.1) is 19.3 Å². The molecule has 0 aliphatic carbocycles. The molecular formula is C8H14O3S. The van der Waals surface area contributed by atoms with Crippen LogP contribution in [0.25, 0.3) is 0 Å². The van der Waals surface area contributed by atoms with Crippen LogP contribution >= 0.6 is 11.8 Å². The quantitative estimate of drug-likeness (QED) is 0.609. The van der Waals surface area contributed by atoms with E-state index in [1.165, 1.54) is 18.9 Å². The molecular weight excluding hydrogens is 176 g/mol. The van der Waals surface area contributed by atoms with Gasteiger partial charge in [-0.3, -0.25) is 9.59 Å². The highest BCUT2D eigenvalue weighted by Crippen LogP contribution is 2.07. The van der Waals surface area contributed by atoms with Gasteiger partial charge in [-0.15, -0.1) is 0 Å². The van der Waals surface area contributed by atoms with Crippen LogP contribution in [-0.2, 0) is 14.3 Å². The molecule has 0 spiro atoms. The molecule has 1 unspecified atom stereocenters. The molecule has 0 heterocycles. The third-order valence-electron chi connectivity index (χ3n) is 1.54. The van der Waals surface area contributed by atoms with E-state index in [4.69, 9.17) is 0 Å². The Morgan fingerprint density at radius 3 is 2.50 bits per heavy atom. The zero-order chi connectivity index (χ0) is 9.56. The fourth-order valence-corrected chi connectivity index (χ4v) is 1.30. The molecule has 0 aromatic carbocycles. The van der Waals surface area contributed by atoms with Crippen LogP contribution < -0.4 is 0 Å². The van der Waals surface area contributed by atoms with Crippen molar-refractivity contribution in [2.24, 2.45) is 5.92 Å². The molecule has 0 aromatic heterocycles. The topological polar surface area (TPSA) is 43.4 Å². The van der Waals surface area contributed by atoms with E-state index in [9.17, 15) is 9.59 Å². The Morgan fingerprint density at radius 2 is 2.08 bits per heavy atom. The van der Waals surface area contributed by atoms with Gasteiger partial charge in [0, 0.05) is 5.92 Å². The van der Waals surface area contributed by atoms with Crippen molar-refractivity contribution < 1.29 is 14.3 Å². The molecule has 0 saturated carbocycles. The summed E-state index contributed by atoms with van der Waals surface area (Å²) in [6.45, 7) is 1.75. The molecule has 4 heteroatoms. The SMILES string of the molecule is COC(=O)CC(C)C(=O)CSC. The number of thioether (sulfide) groups is 1. The maximum atomic E-state index is 11.2. The number of carbonyl (C=O) groups is 2. The average molecular weight is 190 g/mol. The Hall–Kier alpha value is -0.510. The van der Waals surface area contributed by atoms with E-state index >= 15 is 0 Å². The lowest BCUT2D eigenvalue weighted by Gasteiger charge is -2.06. The van der Waals surface area contributed by atoms with Crippen molar-refractivity contribution in [3.8, 4) is 0 Å². The molecule has 12 heavy (non-hydrogen) atoms. The Bertz CT molecular complexity index is 168. The minimum Gasteiger partial charge on any atom is -0.469 e. The second-order valence-corrected chi connectivity index (χ2v) is 3.45. The molecule has 1 atom stereocenters. The van der Waals surface area contributed by atoms with E-state index < -0.39 is 0 Å². The number of hydrogen-bond donors (Lipinski definition) is 0. The highest BCUT2D eigenvalue weighted by Gasteiger charge is 2.16. The number of ketones is 1. The highest BCUT2D eigenvalue weighted by atomic mass is 32.2. The van der Waals surface area contributed by atoms with Gasteiger partial charge in [-0.2, -0.15) is 11.8 Å². The number of methoxy groups -OCH3 is 1. The zero-order valence-electron chi connectivity index (χ0n) is 7.62. The lowest BCUT2D eigenvalue weighted by atomic mass is 10.0. The molecule has 0 radical (unpaired) electrons. The third kappa shape index (κ3) is 4.38. The molecule has 0 aromatic rings. The van der Waals surface area contributed by atoms with Crippen LogP contribution in [-0.4, -0.2) is 30.9 Å². The van der Waals surface area contributed by atoms with Gasteiger partial charge >= 0.3 is 5.97 Å². The Labute approximate surface area is 76.9 Å². The van der Waals surface area contributed by atoms with Gasteiger partial charge < -0.3 is 4.74 Å². The first-order valence-corrected chi connectivity index (χ1v) is 5.09. The van der Waals surface area contributed by atoms with Crippen LogP contribution in [0.2, 0.25) is 0 Å². The van der Waals surface area contributed by atoms with E-state index in [0.29, 0.717) is 5.75 Å². The zero-order valence-corrected chi connectivity index (χ0v) is 8.44. The van der Waals surface area contributed by atoms with Crippen LogP contribution in [0.3, 0.4) is 0 Å². The molecule has 3 nitrogen and oxygen atoms in total. The molecule has 0 aliphatic heterocycles. The molecule has 70 valence electrons. The lowest BCUT2D eigenvalue weighted by molar-refractivity contribution is -0.143. The molecule has 0 N–H and O–H groups in total. The second-order valence-electron chi connectivity index (χ2n) is 2.58. The lowest BCUT2D eigenvalue weighted by Crippen LogP contribution is -2.17. The first kappa shape index (κ1) is 11.5. The van der Waals surface area contributed by atoms with Gasteiger partial charge in [-0.25, -0.2) is 0 Å². The number of rotatable bonds is 5. The maximum Gasteiger partial charge on any atom is 0.306 e. The van der Waals surface area contributed by atoms with Gasteiger partial charge in [0.15, 0.2) is 0 Å². The molecule has 0 bridgehead atoms. The largest absolute Gasteiger partial charge is 0.469 e. The van der Waals surface area contributed by atoms with Crippen molar-refractivity contribution in [3.63, 3.8) is 0 Å². The first-order valence-electron chi connectivity index (χ1n) is 3.70. The highest BCUT2D eigenvalue weighted by molar-refractivity contribution is 7.99. The fraction of sp³-hybridized carbons (Fsp3) is 0.750. The smallest absolute Gasteiger partial charge is 0.306 e. The summed E-state index contributed by atoms with van der Waals surface area (Å²) >= 11 is 1.47. The summed E-state index contributed by atoms with van der Waals surface area (Å²) < 4.78 is 4.45. The molecule has 0 fully saturated rings. The van der Waals surface area contributed by atoms with Crippen LogP contribution in [0.1, 0.15) is 13.3 Å². The van der Waals surface area contributed by atoms with Gasteiger partial charge in [0.25, 0.3) is 0 Å². The van der Waals surface area contributed by atoms with Crippen molar-refractivity contribution in [2.75, 3.05) is 19.1 Å². The summed E-state index contributed by atoms with van der Waals surface area (Å²) in [6, 6.07) is 0. The van der Waals surface area contributed by atoms with Crippen LogP contribution in [0, 0.1) is 5.92 Å². The number of esters is 1. The summed E-state index contributed by atoms with van der Waals surface area (Å²) in [5.41, 5.74) is 0. The van der Waals surface area contributed by atoms with Gasteiger partial charge in [-0.1, -0.05) is 6.92 Å². The Kier molecular flexibility index (Phi) is 5.80. The number of ether oxygens (including phenoxy) is 1. The van der Waals surface area contributed by atoms with Crippen molar-refractivity contribution in [3.05, 3.63) is 0 Å². The maximum absolute atomic E-state index is 11.2. The minimum absolute atomic E-state index is 0.105. The van der Waals surface area contributed by atoms with Crippen LogP contribution in [0.4, 0.5) is 0 Å². The van der Waals surface area contributed by atoms with Crippen LogP contribution in [0.15, 0.2) is 0 Å². The van der Waals surface area contributed by atoms with Gasteiger partial charge in [0.2, 0.25) is 0 Å². The number of hydrogen-bond acceptors (Lipinski definition) is 4. The molecule has 0 rings (SSSR count). The van der Waals surface area contributed by atoms with E-state index in [2.05, 4.69) is 4.74 Å². The Balaban J connectivity index is 3.78. The summed E-state index contributed by atoms with van der Waals surface area (Å²) in [4.78, 5) is 21.9. The predicted octanol–water partition coefficient (Wildman–Crippen LogP) is 1.12. The minimum atomic E-state index is -0.322. The molecule has 0 saturated heterocycles. The number of carbonyl (C=O) groups excluding carboxylic acids is 2. The van der Waals surface area contributed by atoms with Crippen molar-refractivity contribution in [1.82, 2.24) is 0 Å². The van der Waals surface area contributed by atoms with Gasteiger partial charge in [-0.05, 0) is 6.26 Å². The van der Waals surface area contributed by atoms with E-state index in [-0.39, 0.29) is 24.1 Å². The average Bonchev–Trinajstić information content (AvgIpc) is 2.04. The fourth-order valence-electron chi connectivity index (χ4n) is 0.732. The van der Waals surface area contributed by atoms with Crippen LogP contribution in [0.5, 0.6) is 0 Å². The normalized spacial score (nSPS) is 12.2. The monoisotopic (exact) mass is 190 g/mol.